The van der Waals surface area contributed by atoms with E-state index in [1.54, 1.807) is 25.1 Å². The standard InChI is InChI=1S/C23H28N2O8S/c1-15-5-7-18(34(28,29)25-9-11-32-12-10-25)14-19(15)23(27)33-16(2)22(26)24-20-13-17(30-3)6-8-21(20)31-4/h5-8,13-14,16H,9-12H2,1-4H3,(H,24,26). The van der Waals surface area contributed by atoms with Crippen molar-refractivity contribution in [3.8, 4) is 11.5 Å². The highest BCUT2D eigenvalue weighted by molar-refractivity contribution is 7.89. The minimum Gasteiger partial charge on any atom is -0.497 e. The predicted molar refractivity (Wildman–Crippen MR) is 124 cm³/mol. The van der Waals surface area contributed by atoms with Gasteiger partial charge in [0.2, 0.25) is 10.0 Å². The number of ether oxygens (including phenoxy) is 4. The maximum absolute atomic E-state index is 13.0. The van der Waals surface area contributed by atoms with Crippen molar-refractivity contribution in [3.05, 3.63) is 47.5 Å². The Kier molecular flexibility index (Phi) is 8.13. The molecule has 1 atom stereocenters. The lowest BCUT2D eigenvalue weighted by Crippen LogP contribution is -2.40. The van der Waals surface area contributed by atoms with Gasteiger partial charge >= 0.3 is 5.97 Å². The van der Waals surface area contributed by atoms with Crippen LogP contribution >= 0.6 is 0 Å². The molecule has 3 rings (SSSR count). The van der Waals surface area contributed by atoms with Crippen LogP contribution in [0.1, 0.15) is 22.8 Å². The number of sulfonamides is 1. The third-order valence-electron chi connectivity index (χ3n) is 5.35. The Hall–Kier alpha value is -3.15. The zero-order chi connectivity index (χ0) is 24.9. The number of nitrogens with zero attached hydrogens (tertiary/aromatic N) is 1. The molecule has 0 spiro atoms. The summed E-state index contributed by atoms with van der Waals surface area (Å²) in [6, 6.07) is 9.15. The van der Waals surface area contributed by atoms with E-state index >= 15 is 0 Å². The van der Waals surface area contributed by atoms with E-state index in [0.717, 1.165) is 0 Å². The number of aryl methyl sites for hydroxylation is 1. The molecule has 10 nitrogen and oxygen atoms in total. The molecule has 1 aliphatic heterocycles. The van der Waals surface area contributed by atoms with E-state index in [2.05, 4.69) is 5.32 Å². The van der Waals surface area contributed by atoms with Crippen LogP contribution in [0, 0.1) is 6.92 Å². The number of anilines is 1. The fraction of sp³-hybridized carbons (Fsp3) is 0.391. The predicted octanol–water partition coefficient (Wildman–Crippen LogP) is 2.22. The fourth-order valence-corrected chi connectivity index (χ4v) is 4.78. The first-order chi connectivity index (χ1) is 16.2. The van der Waals surface area contributed by atoms with E-state index in [-0.39, 0.29) is 23.5 Å². The highest BCUT2D eigenvalue weighted by Crippen LogP contribution is 2.29. The van der Waals surface area contributed by atoms with Crippen LogP contribution in [0.3, 0.4) is 0 Å². The van der Waals surface area contributed by atoms with E-state index in [4.69, 9.17) is 18.9 Å². The SMILES string of the molecule is COc1ccc(OC)c(NC(=O)C(C)OC(=O)c2cc(S(=O)(=O)N3CCOCC3)ccc2C)c1. The molecule has 1 heterocycles. The molecule has 0 aromatic heterocycles. The topological polar surface area (TPSA) is 120 Å². The molecular weight excluding hydrogens is 464 g/mol. The number of carbonyl (C=O) groups is 2. The average Bonchev–Trinajstić information content (AvgIpc) is 2.84. The second kappa shape index (κ2) is 10.9. The summed E-state index contributed by atoms with van der Waals surface area (Å²) in [5.41, 5.74) is 0.936. The van der Waals surface area contributed by atoms with Gasteiger partial charge < -0.3 is 24.3 Å². The van der Waals surface area contributed by atoms with Crippen molar-refractivity contribution in [2.24, 2.45) is 0 Å². The molecule has 1 fully saturated rings. The van der Waals surface area contributed by atoms with Gasteiger partial charge in [0.25, 0.3) is 5.91 Å². The maximum atomic E-state index is 13.0. The van der Waals surface area contributed by atoms with Crippen molar-refractivity contribution in [1.82, 2.24) is 4.31 Å². The minimum atomic E-state index is -3.79. The lowest BCUT2D eigenvalue weighted by Gasteiger charge is -2.26. The van der Waals surface area contributed by atoms with Crippen LogP contribution in [0.2, 0.25) is 0 Å². The summed E-state index contributed by atoms with van der Waals surface area (Å²) in [5.74, 6) is -0.481. The third kappa shape index (κ3) is 5.66. The molecule has 0 aliphatic carbocycles. The van der Waals surface area contributed by atoms with Gasteiger partial charge in [0.15, 0.2) is 6.10 Å². The second-order valence-corrected chi connectivity index (χ2v) is 9.53. The number of amides is 1. The van der Waals surface area contributed by atoms with Gasteiger partial charge in [0.1, 0.15) is 11.5 Å². The summed E-state index contributed by atoms with van der Waals surface area (Å²) in [4.78, 5) is 25.5. The summed E-state index contributed by atoms with van der Waals surface area (Å²) in [7, 11) is -0.841. The quantitative estimate of drug-likeness (QED) is 0.557. The van der Waals surface area contributed by atoms with Gasteiger partial charge in [-0.1, -0.05) is 6.07 Å². The number of methoxy groups -OCH3 is 2. The number of hydrogen-bond acceptors (Lipinski definition) is 8. The Morgan fingerprint density at radius 1 is 1.06 bits per heavy atom. The molecule has 0 saturated carbocycles. The molecule has 0 bridgehead atoms. The lowest BCUT2D eigenvalue weighted by molar-refractivity contribution is -0.123. The van der Waals surface area contributed by atoms with Crippen molar-refractivity contribution in [2.45, 2.75) is 24.8 Å². The van der Waals surface area contributed by atoms with Crippen LogP contribution in [0.25, 0.3) is 0 Å². The smallest absolute Gasteiger partial charge is 0.339 e. The summed E-state index contributed by atoms with van der Waals surface area (Å²) in [6.45, 7) is 4.17. The van der Waals surface area contributed by atoms with Gasteiger partial charge in [0, 0.05) is 19.2 Å². The first-order valence-electron chi connectivity index (χ1n) is 10.6. The largest absolute Gasteiger partial charge is 0.497 e. The van der Waals surface area contributed by atoms with Crippen LogP contribution in [0.15, 0.2) is 41.3 Å². The average molecular weight is 493 g/mol. The number of hydrogen-bond donors (Lipinski definition) is 1. The monoisotopic (exact) mass is 492 g/mol. The first kappa shape index (κ1) is 25.5. The number of esters is 1. The minimum absolute atomic E-state index is 0.0230. The summed E-state index contributed by atoms with van der Waals surface area (Å²) < 4.78 is 48.2. The zero-order valence-corrected chi connectivity index (χ0v) is 20.3. The summed E-state index contributed by atoms with van der Waals surface area (Å²) >= 11 is 0. The van der Waals surface area contributed by atoms with E-state index in [9.17, 15) is 18.0 Å². The van der Waals surface area contributed by atoms with Crippen LogP contribution in [0.4, 0.5) is 5.69 Å². The molecule has 2 aromatic rings. The zero-order valence-electron chi connectivity index (χ0n) is 19.5. The van der Waals surface area contributed by atoms with Gasteiger partial charge in [-0.3, -0.25) is 4.79 Å². The van der Waals surface area contributed by atoms with Gasteiger partial charge in [-0.15, -0.1) is 0 Å². The van der Waals surface area contributed by atoms with Gasteiger partial charge in [-0.05, 0) is 43.7 Å². The molecule has 11 heteroatoms. The highest BCUT2D eigenvalue weighted by atomic mass is 32.2. The normalized spacial score (nSPS) is 15.3. The van der Waals surface area contributed by atoms with E-state index in [1.807, 2.05) is 0 Å². The van der Waals surface area contributed by atoms with E-state index in [1.165, 1.54) is 43.6 Å². The Morgan fingerprint density at radius 2 is 1.76 bits per heavy atom. The van der Waals surface area contributed by atoms with E-state index in [0.29, 0.717) is 36.0 Å². The molecule has 0 radical (unpaired) electrons. The fourth-order valence-electron chi connectivity index (χ4n) is 3.34. The molecule has 1 saturated heterocycles. The Morgan fingerprint density at radius 3 is 2.41 bits per heavy atom. The van der Waals surface area contributed by atoms with Gasteiger partial charge in [-0.25, -0.2) is 13.2 Å². The van der Waals surface area contributed by atoms with Crippen molar-refractivity contribution < 1.29 is 37.0 Å². The van der Waals surface area contributed by atoms with Crippen molar-refractivity contribution >= 4 is 27.6 Å². The molecule has 1 aliphatic rings. The summed E-state index contributed by atoms with van der Waals surface area (Å²) in [6.07, 6.45) is -1.16. The van der Waals surface area contributed by atoms with Crippen LogP contribution in [0.5, 0.6) is 11.5 Å². The molecule has 1 unspecified atom stereocenters. The lowest BCUT2D eigenvalue weighted by atomic mass is 10.1. The van der Waals surface area contributed by atoms with Crippen LogP contribution < -0.4 is 14.8 Å². The first-order valence-corrected chi connectivity index (χ1v) is 12.0. The third-order valence-corrected chi connectivity index (χ3v) is 7.25. The van der Waals surface area contributed by atoms with E-state index < -0.39 is 28.0 Å². The number of rotatable bonds is 8. The molecule has 1 N–H and O–H groups in total. The maximum Gasteiger partial charge on any atom is 0.339 e. The van der Waals surface area contributed by atoms with Crippen LogP contribution in [-0.4, -0.2) is 71.2 Å². The van der Waals surface area contributed by atoms with Crippen LogP contribution in [-0.2, 0) is 24.3 Å². The Bertz CT molecular complexity index is 1160. The molecule has 2 aromatic carbocycles. The molecule has 34 heavy (non-hydrogen) atoms. The number of benzene rings is 2. The number of carbonyl (C=O) groups excluding carboxylic acids is 2. The van der Waals surface area contributed by atoms with Gasteiger partial charge in [-0.2, -0.15) is 4.31 Å². The summed E-state index contributed by atoms with van der Waals surface area (Å²) in [5, 5.41) is 2.65. The molecule has 184 valence electrons. The molecule has 1 amide bonds. The van der Waals surface area contributed by atoms with Crippen molar-refractivity contribution in [2.75, 3.05) is 45.8 Å². The van der Waals surface area contributed by atoms with Crippen molar-refractivity contribution in [3.63, 3.8) is 0 Å². The van der Waals surface area contributed by atoms with Gasteiger partial charge in [0.05, 0.1) is 43.6 Å². The Labute approximate surface area is 198 Å². The highest BCUT2D eigenvalue weighted by Gasteiger charge is 2.28. The van der Waals surface area contributed by atoms with Crippen molar-refractivity contribution in [1.29, 1.82) is 0 Å². The second-order valence-electron chi connectivity index (χ2n) is 7.60. The molecular formula is C23H28N2O8S. The number of nitrogens with one attached hydrogen (secondary N) is 1. The Balaban J connectivity index is 1.75. The number of morpholine rings is 1.